The number of hydrogen-bond donors (Lipinski definition) is 1. The van der Waals surface area contributed by atoms with E-state index in [-0.39, 0.29) is 0 Å². The molecule has 0 bridgehead atoms. The Labute approximate surface area is 111 Å². The van der Waals surface area contributed by atoms with Crippen molar-refractivity contribution in [1.29, 1.82) is 0 Å². The molecule has 1 aliphatic heterocycles. The van der Waals surface area contributed by atoms with Crippen molar-refractivity contribution in [3.8, 4) is 5.75 Å². The van der Waals surface area contributed by atoms with Crippen molar-refractivity contribution in [1.82, 2.24) is 5.32 Å². The van der Waals surface area contributed by atoms with Gasteiger partial charge < -0.3 is 10.1 Å². The minimum atomic E-state index is 0.640. The van der Waals surface area contributed by atoms with E-state index < -0.39 is 0 Å². The average molecular weight is 247 g/mol. The molecule has 2 rings (SSSR count). The Hall–Kier alpha value is -1.02. The van der Waals surface area contributed by atoms with E-state index in [1.807, 2.05) is 0 Å². The highest BCUT2D eigenvalue weighted by Crippen LogP contribution is 2.22. The smallest absolute Gasteiger partial charge is 0.119 e. The van der Waals surface area contributed by atoms with Crippen LogP contribution >= 0.6 is 0 Å². The first-order chi connectivity index (χ1) is 8.79. The second-order valence-electron chi connectivity index (χ2n) is 5.40. The van der Waals surface area contributed by atoms with Crippen LogP contribution in [0, 0.1) is 5.92 Å². The maximum absolute atomic E-state index is 5.87. The Morgan fingerprint density at radius 1 is 1.33 bits per heavy atom. The molecule has 2 heteroatoms. The van der Waals surface area contributed by atoms with Crippen molar-refractivity contribution in [2.45, 2.75) is 39.0 Å². The lowest BCUT2D eigenvalue weighted by molar-refractivity contribution is 0.218. The average Bonchev–Trinajstić information content (AvgIpc) is 2.46. The summed E-state index contributed by atoms with van der Waals surface area (Å²) in [5.41, 5.74) is 1.41. The zero-order valence-corrected chi connectivity index (χ0v) is 11.6. The molecule has 0 radical (unpaired) electrons. The summed E-state index contributed by atoms with van der Waals surface area (Å²) in [6, 6.07) is 8.61. The van der Waals surface area contributed by atoms with Crippen LogP contribution in [0.4, 0.5) is 0 Å². The van der Waals surface area contributed by atoms with Crippen molar-refractivity contribution in [3.05, 3.63) is 29.8 Å². The molecule has 0 spiro atoms. The molecule has 0 amide bonds. The third-order valence-electron chi connectivity index (χ3n) is 3.95. The topological polar surface area (TPSA) is 21.3 Å². The molecule has 0 unspecified atom stereocenters. The summed E-state index contributed by atoms with van der Waals surface area (Å²) in [6.07, 6.45) is 3.76. The molecule has 2 nitrogen and oxygen atoms in total. The van der Waals surface area contributed by atoms with E-state index in [4.69, 9.17) is 4.74 Å². The minimum Gasteiger partial charge on any atom is -0.493 e. The number of benzene rings is 1. The molecule has 2 atom stereocenters. The van der Waals surface area contributed by atoms with Gasteiger partial charge in [0.2, 0.25) is 0 Å². The fraction of sp³-hybridized carbons (Fsp3) is 0.625. The van der Waals surface area contributed by atoms with Crippen LogP contribution in [0.1, 0.15) is 44.6 Å². The summed E-state index contributed by atoms with van der Waals surface area (Å²) < 4.78 is 5.87. The Bertz CT molecular complexity index is 341. The molecule has 0 aliphatic carbocycles. The van der Waals surface area contributed by atoms with E-state index in [1.165, 1.54) is 31.4 Å². The van der Waals surface area contributed by atoms with Gasteiger partial charge in [-0.25, -0.2) is 0 Å². The Morgan fingerprint density at radius 3 is 2.72 bits per heavy atom. The molecule has 1 saturated heterocycles. The zero-order valence-electron chi connectivity index (χ0n) is 11.6. The summed E-state index contributed by atoms with van der Waals surface area (Å²) in [7, 11) is 0. The minimum absolute atomic E-state index is 0.640. The summed E-state index contributed by atoms with van der Waals surface area (Å²) >= 11 is 0. The van der Waals surface area contributed by atoms with Gasteiger partial charge >= 0.3 is 0 Å². The summed E-state index contributed by atoms with van der Waals surface area (Å²) in [6.45, 7) is 7.61. The second-order valence-corrected chi connectivity index (χ2v) is 5.40. The van der Waals surface area contributed by atoms with Crippen LogP contribution in [-0.4, -0.2) is 19.7 Å². The normalized spacial score (nSPS) is 21.6. The Balaban J connectivity index is 1.82. The van der Waals surface area contributed by atoms with Crippen molar-refractivity contribution in [2.24, 2.45) is 5.92 Å². The highest BCUT2D eigenvalue weighted by atomic mass is 16.5. The SMILES string of the molecule is CC[C@@H](C)c1ccc(OC[C@H]2CCCNC2)cc1. The number of hydrogen-bond acceptors (Lipinski definition) is 2. The molecule has 1 N–H and O–H groups in total. The first-order valence-corrected chi connectivity index (χ1v) is 7.23. The van der Waals surface area contributed by atoms with Crippen LogP contribution in [-0.2, 0) is 0 Å². The molecule has 0 aromatic heterocycles. The fourth-order valence-electron chi connectivity index (χ4n) is 2.41. The molecule has 1 aromatic rings. The lowest BCUT2D eigenvalue weighted by Gasteiger charge is -2.22. The highest BCUT2D eigenvalue weighted by molar-refractivity contribution is 5.29. The van der Waals surface area contributed by atoms with Crippen LogP contribution in [0.15, 0.2) is 24.3 Å². The standard InChI is InChI=1S/C16H25NO/c1-3-13(2)15-6-8-16(9-7-15)18-12-14-5-4-10-17-11-14/h6-9,13-14,17H,3-5,10-12H2,1-2H3/t13-,14+/m1/s1. The van der Waals surface area contributed by atoms with Crippen LogP contribution in [0.5, 0.6) is 5.75 Å². The summed E-state index contributed by atoms with van der Waals surface area (Å²) in [5.74, 6) is 2.32. The van der Waals surface area contributed by atoms with Gasteiger partial charge in [0, 0.05) is 12.5 Å². The molecule has 1 fully saturated rings. The van der Waals surface area contributed by atoms with Gasteiger partial charge in [0.25, 0.3) is 0 Å². The Kier molecular flexibility index (Phi) is 5.06. The second kappa shape index (κ2) is 6.79. The van der Waals surface area contributed by atoms with Crippen molar-refractivity contribution < 1.29 is 4.74 Å². The predicted molar refractivity (Wildman–Crippen MR) is 76.2 cm³/mol. The van der Waals surface area contributed by atoms with Crippen LogP contribution in [0.2, 0.25) is 0 Å². The maximum Gasteiger partial charge on any atom is 0.119 e. The van der Waals surface area contributed by atoms with Crippen LogP contribution in [0.25, 0.3) is 0 Å². The van der Waals surface area contributed by atoms with Crippen LogP contribution in [0.3, 0.4) is 0 Å². The van der Waals surface area contributed by atoms with Gasteiger partial charge in [-0.05, 0) is 49.4 Å². The van der Waals surface area contributed by atoms with Gasteiger partial charge in [-0.1, -0.05) is 26.0 Å². The first-order valence-electron chi connectivity index (χ1n) is 7.23. The third-order valence-corrected chi connectivity index (χ3v) is 3.95. The molecular weight excluding hydrogens is 222 g/mol. The fourth-order valence-corrected chi connectivity index (χ4v) is 2.41. The largest absolute Gasteiger partial charge is 0.493 e. The molecule has 0 saturated carbocycles. The molecule has 1 aliphatic rings. The molecule has 1 aromatic carbocycles. The van der Waals surface area contributed by atoms with Gasteiger partial charge in [0.1, 0.15) is 5.75 Å². The van der Waals surface area contributed by atoms with E-state index in [0.717, 1.165) is 18.9 Å². The third kappa shape index (κ3) is 3.74. The quantitative estimate of drug-likeness (QED) is 0.858. The van der Waals surface area contributed by atoms with Gasteiger partial charge in [-0.2, -0.15) is 0 Å². The molecule has 18 heavy (non-hydrogen) atoms. The van der Waals surface area contributed by atoms with E-state index >= 15 is 0 Å². The summed E-state index contributed by atoms with van der Waals surface area (Å²) in [4.78, 5) is 0. The lowest BCUT2D eigenvalue weighted by Crippen LogP contribution is -2.33. The first kappa shape index (κ1) is 13.4. The van der Waals surface area contributed by atoms with E-state index in [2.05, 4.69) is 43.4 Å². The van der Waals surface area contributed by atoms with Gasteiger partial charge in [0.15, 0.2) is 0 Å². The van der Waals surface area contributed by atoms with Gasteiger partial charge in [-0.15, -0.1) is 0 Å². The van der Waals surface area contributed by atoms with Gasteiger partial charge in [-0.3, -0.25) is 0 Å². The monoisotopic (exact) mass is 247 g/mol. The predicted octanol–water partition coefficient (Wildman–Crippen LogP) is 3.58. The number of piperidine rings is 1. The van der Waals surface area contributed by atoms with E-state index in [9.17, 15) is 0 Å². The summed E-state index contributed by atoms with van der Waals surface area (Å²) in [5, 5.41) is 3.42. The number of rotatable bonds is 5. The maximum atomic E-state index is 5.87. The highest BCUT2D eigenvalue weighted by Gasteiger charge is 2.13. The van der Waals surface area contributed by atoms with E-state index in [0.29, 0.717) is 11.8 Å². The van der Waals surface area contributed by atoms with Gasteiger partial charge in [0.05, 0.1) is 6.61 Å². The number of ether oxygens (including phenoxy) is 1. The van der Waals surface area contributed by atoms with Crippen LogP contribution < -0.4 is 10.1 Å². The molecule has 100 valence electrons. The van der Waals surface area contributed by atoms with Crippen molar-refractivity contribution in [3.63, 3.8) is 0 Å². The zero-order chi connectivity index (χ0) is 12.8. The van der Waals surface area contributed by atoms with E-state index in [1.54, 1.807) is 0 Å². The van der Waals surface area contributed by atoms with Crippen molar-refractivity contribution in [2.75, 3.05) is 19.7 Å². The van der Waals surface area contributed by atoms with Crippen molar-refractivity contribution >= 4 is 0 Å². The number of nitrogens with one attached hydrogen (secondary N) is 1. The Morgan fingerprint density at radius 2 is 2.11 bits per heavy atom. The lowest BCUT2D eigenvalue weighted by atomic mass is 9.99. The molecule has 1 heterocycles. The molecular formula is C16H25NO.